The highest BCUT2D eigenvalue weighted by molar-refractivity contribution is 5.94. The summed E-state index contributed by atoms with van der Waals surface area (Å²) in [7, 11) is 2.05. The van der Waals surface area contributed by atoms with Crippen LogP contribution in [0.1, 0.15) is 36.1 Å². The average molecular weight is 361 g/mol. The molecule has 1 atom stereocenters. The molecule has 2 aromatic rings. The summed E-state index contributed by atoms with van der Waals surface area (Å²) >= 11 is 0. The number of hydrogen-bond acceptors (Lipinski definition) is 6. The van der Waals surface area contributed by atoms with Crippen LogP contribution in [0.2, 0.25) is 0 Å². The molecule has 1 unspecified atom stereocenters. The van der Waals surface area contributed by atoms with Crippen molar-refractivity contribution in [2.75, 3.05) is 38.1 Å². The van der Waals surface area contributed by atoms with Gasteiger partial charge in [0.25, 0.3) is 5.91 Å². The zero-order chi connectivity index (χ0) is 18.7. The minimum absolute atomic E-state index is 0.0611. The molecule has 7 nitrogen and oxygen atoms in total. The second-order valence-corrected chi connectivity index (χ2v) is 6.94. The van der Waals surface area contributed by atoms with Crippen LogP contribution in [-0.4, -0.2) is 54.2 Å². The van der Waals surface area contributed by atoms with E-state index in [1.54, 1.807) is 12.1 Å². The van der Waals surface area contributed by atoms with E-state index in [4.69, 9.17) is 4.52 Å². The summed E-state index contributed by atoms with van der Waals surface area (Å²) < 4.78 is 19.3. The van der Waals surface area contributed by atoms with Crippen molar-refractivity contribution in [3.8, 4) is 0 Å². The molecule has 1 aliphatic rings. The first-order valence-corrected chi connectivity index (χ1v) is 8.76. The normalized spacial score (nSPS) is 16.7. The molecule has 1 aliphatic heterocycles. The van der Waals surface area contributed by atoms with Crippen molar-refractivity contribution in [3.63, 3.8) is 0 Å². The van der Waals surface area contributed by atoms with E-state index in [0.29, 0.717) is 11.5 Å². The van der Waals surface area contributed by atoms with E-state index in [-0.39, 0.29) is 23.2 Å². The van der Waals surface area contributed by atoms with Gasteiger partial charge in [-0.3, -0.25) is 4.79 Å². The molecule has 1 aromatic carbocycles. The largest absolute Gasteiger partial charge is 0.367 e. The number of aromatic nitrogens is 2. The van der Waals surface area contributed by atoms with Crippen molar-refractivity contribution < 1.29 is 13.7 Å². The Morgan fingerprint density at radius 2 is 2.00 bits per heavy atom. The lowest BCUT2D eigenvalue weighted by Crippen LogP contribution is -2.44. The van der Waals surface area contributed by atoms with Crippen molar-refractivity contribution in [1.82, 2.24) is 20.4 Å². The second-order valence-electron chi connectivity index (χ2n) is 6.94. The van der Waals surface area contributed by atoms with E-state index < -0.39 is 6.04 Å². The Kier molecular flexibility index (Phi) is 5.51. The molecule has 3 rings (SSSR count). The van der Waals surface area contributed by atoms with Gasteiger partial charge in [-0.05, 0) is 31.2 Å². The Bertz CT molecular complexity index is 742. The highest BCUT2D eigenvalue weighted by Crippen LogP contribution is 2.23. The first kappa shape index (κ1) is 18.3. The van der Waals surface area contributed by atoms with E-state index in [2.05, 4.69) is 27.4 Å². The smallest absolute Gasteiger partial charge is 0.251 e. The Balaban J connectivity index is 1.73. The number of anilines is 1. The highest BCUT2D eigenvalue weighted by Gasteiger charge is 2.24. The molecule has 26 heavy (non-hydrogen) atoms. The summed E-state index contributed by atoms with van der Waals surface area (Å²) in [6, 6.07) is 4.21. The van der Waals surface area contributed by atoms with Crippen LogP contribution in [0.15, 0.2) is 29.1 Å². The third-order valence-electron chi connectivity index (χ3n) is 4.66. The lowest BCUT2D eigenvalue weighted by Gasteiger charge is -2.34. The molecular formula is C18H24FN5O2. The predicted molar refractivity (Wildman–Crippen MR) is 95.5 cm³/mol. The van der Waals surface area contributed by atoms with Crippen molar-refractivity contribution in [3.05, 3.63) is 41.8 Å². The van der Waals surface area contributed by atoms with Crippen LogP contribution in [0.3, 0.4) is 0 Å². The molecule has 140 valence electrons. The van der Waals surface area contributed by atoms with Crippen LogP contribution in [0.4, 0.5) is 10.1 Å². The van der Waals surface area contributed by atoms with Gasteiger partial charge in [0.05, 0.1) is 11.7 Å². The minimum atomic E-state index is -0.401. The quantitative estimate of drug-likeness (QED) is 0.879. The van der Waals surface area contributed by atoms with E-state index >= 15 is 0 Å². The van der Waals surface area contributed by atoms with Crippen molar-refractivity contribution in [2.24, 2.45) is 5.92 Å². The Morgan fingerprint density at radius 3 is 2.58 bits per heavy atom. The first-order chi connectivity index (χ1) is 12.5. The number of nitrogens with zero attached hydrogens (tertiary/aromatic N) is 4. The summed E-state index contributed by atoms with van der Waals surface area (Å²) in [5, 5.41) is 6.65. The number of amides is 1. The van der Waals surface area contributed by atoms with Gasteiger partial charge < -0.3 is 19.6 Å². The van der Waals surface area contributed by atoms with Crippen LogP contribution in [-0.2, 0) is 0 Å². The van der Waals surface area contributed by atoms with Gasteiger partial charge in [-0.15, -0.1) is 0 Å². The monoisotopic (exact) mass is 361 g/mol. The molecule has 0 aliphatic carbocycles. The molecule has 0 radical (unpaired) electrons. The van der Waals surface area contributed by atoms with Crippen LogP contribution < -0.4 is 10.2 Å². The molecule has 1 amide bonds. The van der Waals surface area contributed by atoms with Gasteiger partial charge in [-0.2, -0.15) is 4.98 Å². The van der Waals surface area contributed by atoms with Gasteiger partial charge in [0.1, 0.15) is 5.82 Å². The molecular weight excluding hydrogens is 337 g/mol. The number of piperazine rings is 1. The predicted octanol–water partition coefficient (Wildman–Crippen LogP) is 2.09. The Hall–Kier alpha value is -2.48. The zero-order valence-corrected chi connectivity index (χ0v) is 15.3. The lowest BCUT2D eigenvalue weighted by molar-refractivity contribution is 0.0922. The van der Waals surface area contributed by atoms with Crippen LogP contribution >= 0.6 is 0 Å². The lowest BCUT2D eigenvalue weighted by atomic mass is 10.0. The first-order valence-electron chi connectivity index (χ1n) is 8.76. The second kappa shape index (κ2) is 7.82. The maximum atomic E-state index is 14.6. The number of hydrogen-bond donors (Lipinski definition) is 1. The highest BCUT2D eigenvalue weighted by atomic mass is 19.1. The third-order valence-corrected chi connectivity index (χ3v) is 4.66. The molecule has 8 heteroatoms. The van der Waals surface area contributed by atoms with Gasteiger partial charge in [-0.25, -0.2) is 4.39 Å². The molecule has 1 saturated heterocycles. The van der Waals surface area contributed by atoms with E-state index in [9.17, 15) is 9.18 Å². The van der Waals surface area contributed by atoms with Crippen LogP contribution in [0, 0.1) is 11.7 Å². The number of halogens is 1. The number of likely N-dealkylation sites (N-methyl/N-ethyl adjacent to an activating group) is 1. The van der Waals surface area contributed by atoms with Gasteiger partial charge in [0.2, 0.25) is 6.39 Å². The molecule has 1 N–H and O–H groups in total. The maximum absolute atomic E-state index is 14.6. The van der Waals surface area contributed by atoms with E-state index in [1.807, 2.05) is 18.7 Å². The molecule has 1 fully saturated rings. The number of carbonyl (C=O) groups excluding carboxylic acids is 1. The van der Waals surface area contributed by atoms with E-state index in [1.165, 1.54) is 12.5 Å². The fourth-order valence-electron chi connectivity index (χ4n) is 3.02. The van der Waals surface area contributed by atoms with Gasteiger partial charge in [0, 0.05) is 31.7 Å². The Morgan fingerprint density at radius 1 is 1.27 bits per heavy atom. The summed E-state index contributed by atoms with van der Waals surface area (Å²) in [6.07, 6.45) is 1.22. The van der Waals surface area contributed by atoms with Crippen molar-refractivity contribution in [2.45, 2.75) is 19.9 Å². The summed E-state index contributed by atoms with van der Waals surface area (Å²) in [4.78, 5) is 20.8. The van der Waals surface area contributed by atoms with Crippen molar-refractivity contribution >= 4 is 11.6 Å². The van der Waals surface area contributed by atoms with Gasteiger partial charge in [-0.1, -0.05) is 19.0 Å². The van der Waals surface area contributed by atoms with Gasteiger partial charge >= 0.3 is 0 Å². The topological polar surface area (TPSA) is 74.5 Å². The summed E-state index contributed by atoms with van der Waals surface area (Å²) in [5.41, 5.74) is 0.808. The zero-order valence-electron chi connectivity index (χ0n) is 15.3. The molecule has 1 aromatic heterocycles. The SMILES string of the molecule is CC(C)C(NC(=O)c1ccc(N2CCN(C)CC2)c(F)c1)c1ncon1. The molecule has 0 saturated carbocycles. The fourth-order valence-corrected chi connectivity index (χ4v) is 3.02. The number of rotatable bonds is 5. The number of benzene rings is 1. The van der Waals surface area contributed by atoms with Gasteiger partial charge in [0.15, 0.2) is 5.82 Å². The fraction of sp³-hybridized carbons (Fsp3) is 0.500. The average Bonchev–Trinajstić information content (AvgIpc) is 3.14. The minimum Gasteiger partial charge on any atom is -0.367 e. The molecule has 0 spiro atoms. The number of carbonyl (C=O) groups is 1. The van der Waals surface area contributed by atoms with Crippen LogP contribution in [0.5, 0.6) is 0 Å². The van der Waals surface area contributed by atoms with Crippen molar-refractivity contribution in [1.29, 1.82) is 0 Å². The third kappa shape index (κ3) is 4.01. The number of nitrogens with one attached hydrogen (secondary N) is 1. The van der Waals surface area contributed by atoms with Crippen LogP contribution in [0.25, 0.3) is 0 Å². The Labute approximate surface area is 152 Å². The molecule has 0 bridgehead atoms. The summed E-state index contributed by atoms with van der Waals surface area (Å²) in [6.45, 7) is 7.21. The van der Waals surface area contributed by atoms with E-state index in [0.717, 1.165) is 26.2 Å². The molecule has 2 heterocycles. The standard InChI is InChI=1S/C18H24FN5O2/c1-12(2)16(17-20-11-26-22-17)21-18(25)13-4-5-15(14(19)10-13)24-8-6-23(3)7-9-24/h4-5,10-12,16H,6-9H2,1-3H3,(H,21,25). The maximum Gasteiger partial charge on any atom is 0.251 e. The summed E-state index contributed by atoms with van der Waals surface area (Å²) in [5.74, 6) is -0.283.